The highest BCUT2D eigenvalue weighted by atomic mass is 32.2. The average molecular weight is 240 g/mol. The first-order chi connectivity index (χ1) is 8.40. The molecule has 2 heteroatoms. The second-order valence-electron chi connectivity index (χ2n) is 4.13. The molecule has 84 valence electrons. The first-order valence-corrected chi connectivity index (χ1v) is 6.51. The van der Waals surface area contributed by atoms with Crippen molar-refractivity contribution in [2.45, 2.75) is 22.1 Å². The fourth-order valence-electron chi connectivity index (χ4n) is 2.36. The van der Waals surface area contributed by atoms with Gasteiger partial charge in [0.15, 0.2) is 0 Å². The summed E-state index contributed by atoms with van der Waals surface area (Å²) in [6.07, 6.45) is 1.59. The van der Waals surface area contributed by atoms with Crippen molar-refractivity contribution in [1.29, 1.82) is 0 Å². The number of benzene rings is 2. The van der Waals surface area contributed by atoms with Gasteiger partial charge in [0.2, 0.25) is 0 Å². The maximum Gasteiger partial charge on any atom is 0.120 e. The van der Waals surface area contributed by atoms with E-state index in [1.54, 1.807) is 11.8 Å². The second kappa shape index (κ2) is 4.38. The molecule has 0 N–H and O–H groups in total. The quantitative estimate of drug-likeness (QED) is 0.741. The molecule has 1 aliphatic rings. The summed E-state index contributed by atoms with van der Waals surface area (Å²) in [5, 5.41) is 0. The van der Waals surface area contributed by atoms with Gasteiger partial charge in [-0.05, 0) is 23.3 Å². The molecule has 0 bridgehead atoms. The highest BCUT2D eigenvalue weighted by Gasteiger charge is 2.24. The molecule has 0 spiro atoms. The van der Waals surface area contributed by atoms with Crippen molar-refractivity contribution in [2.24, 2.45) is 0 Å². The molecule has 1 aliphatic heterocycles. The normalized spacial score (nSPS) is 13.9. The molecule has 1 heterocycles. The molecule has 1 nitrogen and oxygen atoms in total. The van der Waals surface area contributed by atoms with E-state index in [4.69, 9.17) is 0 Å². The molecule has 0 aliphatic carbocycles. The van der Waals surface area contributed by atoms with Crippen molar-refractivity contribution in [2.75, 3.05) is 0 Å². The third-order valence-electron chi connectivity index (χ3n) is 3.14. The zero-order chi connectivity index (χ0) is 11.7. The lowest BCUT2D eigenvalue weighted by Gasteiger charge is -2.26. The fourth-order valence-corrected chi connectivity index (χ4v) is 3.55. The van der Waals surface area contributed by atoms with Gasteiger partial charge in [0.25, 0.3) is 0 Å². The van der Waals surface area contributed by atoms with Crippen molar-refractivity contribution in [3.05, 3.63) is 59.7 Å². The minimum Gasteiger partial charge on any atom is -0.303 e. The molecular formula is C15H12OS. The minimum atomic E-state index is 0.223. The predicted molar refractivity (Wildman–Crippen MR) is 69.5 cm³/mol. The lowest BCUT2D eigenvalue weighted by Crippen LogP contribution is -2.08. The van der Waals surface area contributed by atoms with Crippen molar-refractivity contribution in [3.8, 4) is 0 Å². The molecular weight excluding hydrogens is 228 g/mol. The van der Waals surface area contributed by atoms with Crippen LogP contribution in [0.4, 0.5) is 0 Å². The molecule has 0 unspecified atom stereocenters. The van der Waals surface area contributed by atoms with E-state index in [1.807, 2.05) is 12.1 Å². The summed E-state index contributed by atoms with van der Waals surface area (Å²) in [5.74, 6) is 0.223. The van der Waals surface area contributed by atoms with E-state index in [0.29, 0.717) is 6.42 Å². The van der Waals surface area contributed by atoms with Crippen LogP contribution in [0.5, 0.6) is 0 Å². The molecule has 2 aromatic carbocycles. The Balaban J connectivity index is 2.16. The standard InChI is InChI=1S/C15H12OS/c16-10-9-11-12-5-1-3-7-14(12)17-15-8-4-2-6-13(11)15/h1-8,10-11H,9H2. The molecule has 3 rings (SSSR count). The van der Waals surface area contributed by atoms with Crippen LogP contribution in [-0.4, -0.2) is 6.29 Å². The monoisotopic (exact) mass is 240 g/mol. The van der Waals surface area contributed by atoms with Gasteiger partial charge in [-0.25, -0.2) is 0 Å². The number of carbonyl (C=O) groups is 1. The van der Waals surface area contributed by atoms with Crippen LogP contribution in [0.1, 0.15) is 23.5 Å². The van der Waals surface area contributed by atoms with Gasteiger partial charge in [0, 0.05) is 22.1 Å². The summed E-state index contributed by atoms with van der Waals surface area (Å²) >= 11 is 1.80. The van der Waals surface area contributed by atoms with E-state index >= 15 is 0 Å². The van der Waals surface area contributed by atoms with Gasteiger partial charge >= 0.3 is 0 Å². The van der Waals surface area contributed by atoms with Gasteiger partial charge in [-0.3, -0.25) is 0 Å². The zero-order valence-corrected chi connectivity index (χ0v) is 10.1. The van der Waals surface area contributed by atoms with E-state index in [2.05, 4.69) is 36.4 Å². The molecule has 0 saturated heterocycles. The lowest BCUT2D eigenvalue weighted by molar-refractivity contribution is -0.108. The van der Waals surface area contributed by atoms with Gasteiger partial charge in [-0.2, -0.15) is 0 Å². The first kappa shape index (κ1) is 10.6. The van der Waals surface area contributed by atoms with Gasteiger partial charge in [0.1, 0.15) is 6.29 Å². The number of fused-ring (bicyclic) bond motifs is 2. The third kappa shape index (κ3) is 1.79. The Labute approximate surface area is 105 Å². The van der Waals surface area contributed by atoms with Crippen LogP contribution >= 0.6 is 11.8 Å². The smallest absolute Gasteiger partial charge is 0.120 e. The second-order valence-corrected chi connectivity index (χ2v) is 5.22. The van der Waals surface area contributed by atoms with Crippen LogP contribution in [-0.2, 0) is 4.79 Å². The number of carbonyl (C=O) groups excluding carboxylic acids is 1. The number of hydrogen-bond donors (Lipinski definition) is 0. The van der Waals surface area contributed by atoms with Crippen LogP contribution in [0, 0.1) is 0 Å². The molecule has 0 atom stereocenters. The zero-order valence-electron chi connectivity index (χ0n) is 9.30. The number of aldehydes is 1. The van der Waals surface area contributed by atoms with Gasteiger partial charge in [-0.15, -0.1) is 0 Å². The summed E-state index contributed by atoms with van der Waals surface area (Å²) in [4.78, 5) is 13.4. The van der Waals surface area contributed by atoms with E-state index in [-0.39, 0.29) is 5.92 Å². The van der Waals surface area contributed by atoms with Crippen LogP contribution in [0.15, 0.2) is 58.3 Å². The summed E-state index contributed by atoms with van der Waals surface area (Å²) in [7, 11) is 0. The van der Waals surface area contributed by atoms with Gasteiger partial charge in [0.05, 0.1) is 0 Å². The van der Waals surface area contributed by atoms with Crippen LogP contribution in [0.25, 0.3) is 0 Å². The topological polar surface area (TPSA) is 17.1 Å². The molecule has 2 aromatic rings. The van der Waals surface area contributed by atoms with E-state index in [9.17, 15) is 4.79 Å². The Hall–Kier alpha value is -1.54. The third-order valence-corrected chi connectivity index (χ3v) is 4.32. The Kier molecular flexibility index (Phi) is 2.73. The average Bonchev–Trinajstić information content (AvgIpc) is 2.39. The maximum atomic E-state index is 10.9. The first-order valence-electron chi connectivity index (χ1n) is 5.69. The van der Waals surface area contributed by atoms with Crippen molar-refractivity contribution in [1.82, 2.24) is 0 Å². The van der Waals surface area contributed by atoms with Crippen LogP contribution < -0.4 is 0 Å². The molecule has 17 heavy (non-hydrogen) atoms. The highest BCUT2D eigenvalue weighted by Crippen LogP contribution is 2.46. The SMILES string of the molecule is O=CCC1c2ccccc2Sc2ccccc21. The Morgan fingerprint density at radius 3 is 2.00 bits per heavy atom. The summed E-state index contributed by atoms with van der Waals surface area (Å²) < 4.78 is 0. The summed E-state index contributed by atoms with van der Waals surface area (Å²) in [6.45, 7) is 0. The molecule has 0 saturated carbocycles. The van der Waals surface area contributed by atoms with Crippen molar-refractivity contribution < 1.29 is 4.79 Å². The number of rotatable bonds is 2. The molecule has 0 aromatic heterocycles. The molecule has 0 amide bonds. The fraction of sp³-hybridized carbons (Fsp3) is 0.133. The number of hydrogen-bond acceptors (Lipinski definition) is 2. The van der Waals surface area contributed by atoms with Crippen LogP contribution in [0.3, 0.4) is 0 Å². The summed E-state index contributed by atoms with van der Waals surface area (Å²) in [6, 6.07) is 16.7. The van der Waals surface area contributed by atoms with Gasteiger partial charge < -0.3 is 4.79 Å². The largest absolute Gasteiger partial charge is 0.303 e. The van der Waals surface area contributed by atoms with E-state index in [1.165, 1.54) is 20.9 Å². The van der Waals surface area contributed by atoms with Crippen LogP contribution in [0.2, 0.25) is 0 Å². The van der Waals surface area contributed by atoms with Crippen molar-refractivity contribution in [3.63, 3.8) is 0 Å². The maximum absolute atomic E-state index is 10.9. The van der Waals surface area contributed by atoms with E-state index in [0.717, 1.165) is 6.29 Å². The Bertz CT molecular complexity index is 517. The highest BCUT2D eigenvalue weighted by molar-refractivity contribution is 7.99. The van der Waals surface area contributed by atoms with E-state index < -0.39 is 0 Å². The molecule has 0 radical (unpaired) electrons. The lowest BCUT2D eigenvalue weighted by atomic mass is 9.88. The Morgan fingerprint density at radius 2 is 1.47 bits per heavy atom. The van der Waals surface area contributed by atoms with Gasteiger partial charge in [-0.1, -0.05) is 48.2 Å². The summed E-state index contributed by atoms with van der Waals surface area (Å²) in [5.41, 5.74) is 2.56. The predicted octanol–water partition coefficient (Wildman–Crippen LogP) is 3.87. The molecule has 0 fully saturated rings. The minimum absolute atomic E-state index is 0.223. The Morgan fingerprint density at radius 1 is 0.941 bits per heavy atom. The van der Waals surface area contributed by atoms with Crippen molar-refractivity contribution >= 4 is 18.0 Å².